The van der Waals surface area contributed by atoms with Crippen molar-refractivity contribution < 1.29 is 14.3 Å². The van der Waals surface area contributed by atoms with Crippen molar-refractivity contribution >= 4 is 28.8 Å². The number of carbonyl (C=O) groups excluding carboxylic acids is 2. The first-order valence-electron chi connectivity index (χ1n) is 8.83. The molecular weight excluding hydrogens is 374 g/mol. The van der Waals surface area contributed by atoms with E-state index < -0.39 is 11.8 Å². The molecule has 3 aromatic rings. The summed E-state index contributed by atoms with van der Waals surface area (Å²) in [7, 11) is 0. The van der Waals surface area contributed by atoms with Gasteiger partial charge in [0, 0.05) is 12.6 Å². The minimum absolute atomic E-state index is 0.142. The number of nitrogens with one attached hydrogen (secondary N) is 2. The molecule has 2 aromatic heterocycles. The highest BCUT2D eigenvalue weighted by molar-refractivity contribution is 7.08. The fourth-order valence-corrected chi connectivity index (χ4v) is 3.21. The molecule has 0 saturated carbocycles. The highest BCUT2D eigenvalue weighted by Gasteiger charge is 2.15. The van der Waals surface area contributed by atoms with Gasteiger partial charge in [0.2, 0.25) is 5.88 Å². The molecular formula is C21H21N3O3S. The van der Waals surface area contributed by atoms with Gasteiger partial charge in [-0.2, -0.15) is 11.3 Å². The van der Waals surface area contributed by atoms with Crippen molar-refractivity contribution in [3.63, 3.8) is 0 Å². The first kappa shape index (κ1) is 19.6. The Morgan fingerprint density at radius 3 is 2.54 bits per heavy atom. The van der Waals surface area contributed by atoms with Gasteiger partial charge in [0.1, 0.15) is 5.75 Å². The molecule has 3 rings (SSSR count). The Hall–Kier alpha value is -3.19. The SMILES string of the molecule is Cc1ccc(Oc2ccc(NC(=O)C(=O)NC[C@H](C)c3ccsc3)cn2)cc1. The number of rotatable bonds is 6. The van der Waals surface area contributed by atoms with Crippen LogP contribution in [0.5, 0.6) is 11.6 Å². The smallest absolute Gasteiger partial charge is 0.313 e. The molecule has 0 aliphatic heterocycles. The van der Waals surface area contributed by atoms with Gasteiger partial charge in [0.15, 0.2) is 0 Å². The Balaban J connectivity index is 1.49. The van der Waals surface area contributed by atoms with Crippen LogP contribution in [0.25, 0.3) is 0 Å². The highest BCUT2D eigenvalue weighted by Crippen LogP contribution is 2.21. The summed E-state index contributed by atoms with van der Waals surface area (Å²) in [6, 6.07) is 12.9. The van der Waals surface area contributed by atoms with E-state index >= 15 is 0 Å². The summed E-state index contributed by atoms with van der Waals surface area (Å²) < 4.78 is 5.64. The summed E-state index contributed by atoms with van der Waals surface area (Å²) in [6.45, 7) is 4.39. The fourth-order valence-electron chi connectivity index (χ4n) is 2.43. The maximum atomic E-state index is 12.0. The van der Waals surface area contributed by atoms with E-state index in [0.717, 1.165) is 11.1 Å². The summed E-state index contributed by atoms with van der Waals surface area (Å²) in [6.07, 6.45) is 1.45. The molecule has 0 bridgehead atoms. The summed E-state index contributed by atoms with van der Waals surface area (Å²) in [5.74, 6) is -0.193. The summed E-state index contributed by atoms with van der Waals surface area (Å²) in [5, 5.41) is 9.20. The number of anilines is 1. The lowest BCUT2D eigenvalue weighted by Gasteiger charge is -2.11. The van der Waals surface area contributed by atoms with E-state index in [4.69, 9.17) is 4.74 Å². The van der Waals surface area contributed by atoms with E-state index in [2.05, 4.69) is 15.6 Å². The van der Waals surface area contributed by atoms with Gasteiger partial charge in [-0.1, -0.05) is 24.6 Å². The van der Waals surface area contributed by atoms with Crippen LogP contribution >= 0.6 is 11.3 Å². The first-order valence-corrected chi connectivity index (χ1v) is 9.77. The molecule has 2 amide bonds. The predicted octanol–water partition coefficient (Wildman–Crippen LogP) is 4.10. The van der Waals surface area contributed by atoms with Crippen molar-refractivity contribution in [3.05, 3.63) is 70.5 Å². The minimum Gasteiger partial charge on any atom is -0.439 e. The Kier molecular flexibility index (Phi) is 6.39. The molecule has 2 N–H and O–H groups in total. The van der Waals surface area contributed by atoms with Crippen molar-refractivity contribution in [2.45, 2.75) is 19.8 Å². The average Bonchev–Trinajstić information content (AvgIpc) is 3.24. The number of thiophene rings is 1. The number of carbonyl (C=O) groups is 2. The molecule has 7 heteroatoms. The number of nitrogens with zero attached hydrogens (tertiary/aromatic N) is 1. The third-order valence-electron chi connectivity index (χ3n) is 4.12. The van der Waals surface area contributed by atoms with E-state index in [1.165, 1.54) is 6.20 Å². The first-order chi connectivity index (χ1) is 13.5. The van der Waals surface area contributed by atoms with Crippen LogP contribution in [0.3, 0.4) is 0 Å². The Bertz CT molecular complexity index is 923. The van der Waals surface area contributed by atoms with Crippen LogP contribution in [0.1, 0.15) is 24.0 Å². The van der Waals surface area contributed by atoms with Gasteiger partial charge < -0.3 is 15.4 Å². The molecule has 0 aliphatic rings. The second-order valence-electron chi connectivity index (χ2n) is 6.42. The standard InChI is InChI=1S/C21H21N3O3S/c1-14-3-6-18(7-4-14)27-19-8-5-17(12-22-19)24-21(26)20(25)23-11-15(2)16-9-10-28-13-16/h3-10,12-13,15H,11H2,1-2H3,(H,23,25)(H,24,26)/t15-/m0/s1. The zero-order valence-electron chi connectivity index (χ0n) is 15.6. The number of amides is 2. The van der Waals surface area contributed by atoms with Crippen LogP contribution < -0.4 is 15.4 Å². The van der Waals surface area contributed by atoms with Gasteiger partial charge in [-0.15, -0.1) is 0 Å². The zero-order valence-corrected chi connectivity index (χ0v) is 16.5. The second-order valence-corrected chi connectivity index (χ2v) is 7.20. The third kappa shape index (κ3) is 5.40. The molecule has 1 aromatic carbocycles. The maximum absolute atomic E-state index is 12.0. The summed E-state index contributed by atoms with van der Waals surface area (Å²) in [4.78, 5) is 28.2. The fraction of sp³-hybridized carbons (Fsp3) is 0.190. The number of ether oxygens (including phenoxy) is 1. The summed E-state index contributed by atoms with van der Waals surface area (Å²) in [5.41, 5.74) is 2.70. The van der Waals surface area contributed by atoms with Crippen LogP contribution in [-0.2, 0) is 9.59 Å². The summed E-state index contributed by atoms with van der Waals surface area (Å²) >= 11 is 1.60. The number of aryl methyl sites for hydroxylation is 1. The van der Waals surface area contributed by atoms with E-state index in [9.17, 15) is 9.59 Å². The number of pyridine rings is 1. The minimum atomic E-state index is -0.730. The average molecular weight is 395 g/mol. The third-order valence-corrected chi connectivity index (χ3v) is 4.83. The lowest BCUT2D eigenvalue weighted by molar-refractivity contribution is -0.136. The number of hydrogen-bond acceptors (Lipinski definition) is 5. The molecule has 0 aliphatic carbocycles. The van der Waals surface area contributed by atoms with Gasteiger partial charge in [0.05, 0.1) is 11.9 Å². The van der Waals surface area contributed by atoms with Crippen LogP contribution in [0, 0.1) is 6.92 Å². The molecule has 0 saturated heterocycles. The van der Waals surface area contributed by atoms with E-state index in [1.807, 2.05) is 54.9 Å². The zero-order chi connectivity index (χ0) is 19.9. The van der Waals surface area contributed by atoms with Gasteiger partial charge in [0.25, 0.3) is 0 Å². The van der Waals surface area contributed by atoms with Crippen molar-refractivity contribution in [2.75, 3.05) is 11.9 Å². The number of benzene rings is 1. The molecule has 0 spiro atoms. The van der Waals surface area contributed by atoms with Crippen molar-refractivity contribution in [1.82, 2.24) is 10.3 Å². The van der Waals surface area contributed by atoms with Crippen molar-refractivity contribution in [3.8, 4) is 11.6 Å². The van der Waals surface area contributed by atoms with Crippen molar-refractivity contribution in [2.24, 2.45) is 0 Å². The van der Waals surface area contributed by atoms with Gasteiger partial charge in [-0.3, -0.25) is 9.59 Å². The quantitative estimate of drug-likeness (QED) is 0.616. The lowest BCUT2D eigenvalue weighted by Crippen LogP contribution is -2.37. The Morgan fingerprint density at radius 2 is 1.89 bits per heavy atom. The van der Waals surface area contributed by atoms with Crippen LogP contribution in [0.2, 0.25) is 0 Å². The number of hydrogen-bond donors (Lipinski definition) is 2. The molecule has 0 radical (unpaired) electrons. The molecule has 6 nitrogen and oxygen atoms in total. The molecule has 0 fully saturated rings. The topological polar surface area (TPSA) is 80.3 Å². The van der Waals surface area contributed by atoms with Crippen LogP contribution in [0.15, 0.2) is 59.4 Å². The Labute approximate surface area is 167 Å². The molecule has 28 heavy (non-hydrogen) atoms. The van der Waals surface area contributed by atoms with Gasteiger partial charge in [-0.05, 0) is 53.4 Å². The molecule has 2 heterocycles. The predicted molar refractivity (Wildman–Crippen MR) is 110 cm³/mol. The number of aromatic nitrogens is 1. The van der Waals surface area contributed by atoms with E-state index in [-0.39, 0.29) is 5.92 Å². The van der Waals surface area contributed by atoms with Gasteiger partial charge >= 0.3 is 11.8 Å². The normalized spacial score (nSPS) is 11.5. The lowest BCUT2D eigenvalue weighted by atomic mass is 10.1. The molecule has 144 valence electrons. The Morgan fingerprint density at radius 1 is 1.11 bits per heavy atom. The highest BCUT2D eigenvalue weighted by atomic mass is 32.1. The van der Waals surface area contributed by atoms with E-state index in [0.29, 0.717) is 23.9 Å². The second kappa shape index (κ2) is 9.14. The van der Waals surface area contributed by atoms with Gasteiger partial charge in [-0.25, -0.2) is 4.98 Å². The molecule has 0 unspecified atom stereocenters. The maximum Gasteiger partial charge on any atom is 0.313 e. The van der Waals surface area contributed by atoms with Crippen LogP contribution in [0.4, 0.5) is 5.69 Å². The monoisotopic (exact) mass is 395 g/mol. The van der Waals surface area contributed by atoms with E-state index in [1.54, 1.807) is 23.5 Å². The molecule has 1 atom stereocenters. The van der Waals surface area contributed by atoms with Crippen molar-refractivity contribution in [1.29, 1.82) is 0 Å². The van der Waals surface area contributed by atoms with Crippen LogP contribution in [-0.4, -0.2) is 23.3 Å². The largest absolute Gasteiger partial charge is 0.439 e.